The lowest BCUT2D eigenvalue weighted by molar-refractivity contribution is -0.132. The first-order valence-electron chi connectivity index (χ1n) is 7.57. The lowest BCUT2D eigenvalue weighted by Crippen LogP contribution is -2.47. The third kappa shape index (κ3) is 4.15. The summed E-state index contributed by atoms with van der Waals surface area (Å²) in [5.41, 5.74) is 5.98. The van der Waals surface area contributed by atoms with E-state index >= 15 is 0 Å². The van der Waals surface area contributed by atoms with Crippen LogP contribution in [0.4, 0.5) is 0 Å². The SMILES string of the molecule is COCCCC(N)C(=O)N1CCC(N2CCOCC2)C1. The van der Waals surface area contributed by atoms with Gasteiger partial charge in [-0.2, -0.15) is 0 Å². The molecule has 2 aliphatic rings. The van der Waals surface area contributed by atoms with Crippen LogP contribution in [-0.4, -0.2) is 80.9 Å². The number of nitrogens with zero attached hydrogens (tertiary/aromatic N) is 2. The Labute approximate surface area is 121 Å². The zero-order valence-electron chi connectivity index (χ0n) is 12.4. The molecule has 2 unspecified atom stereocenters. The highest BCUT2D eigenvalue weighted by molar-refractivity contribution is 5.81. The lowest BCUT2D eigenvalue weighted by Gasteiger charge is -2.32. The Morgan fingerprint density at radius 2 is 2.15 bits per heavy atom. The molecule has 2 heterocycles. The predicted octanol–water partition coefficient (Wildman–Crippen LogP) is -0.327. The second kappa shape index (κ2) is 7.93. The minimum absolute atomic E-state index is 0.0943. The van der Waals surface area contributed by atoms with Crippen LogP contribution in [-0.2, 0) is 14.3 Å². The molecule has 116 valence electrons. The Hall–Kier alpha value is -0.690. The van der Waals surface area contributed by atoms with Gasteiger partial charge in [0, 0.05) is 45.9 Å². The zero-order chi connectivity index (χ0) is 14.4. The molecule has 6 heteroatoms. The van der Waals surface area contributed by atoms with Gasteiger partial charge in [-0.05, 0) is 19.3 Å². The van der Waals surface area contributed by atoms with Crippen molar-refractivity contribution in [3.8, 4) is 0 Å². The van der Waals surface area contributed by atoms with Gasteiger partial charge in [0.25, 0.3) is 0 Å². The van der Waals surface area contributed by atoms with Crippen molar-refractivity contribution in [2.75, 3.05) is 53.1 Å². The number of hydrogen-bond donors (Lipinski definition) is 1. The molecule has 6 nitrogen and oxygen atoms in total. The van der Waals surface area contributed by atoms with Crippen molar-refractivity contribution in [2.24, 2.45) is 5.73 Å². The number of morpholine rings is 1. The molecular formula is C14H27N3O3. The van der Waals surface area contributed by atoms with Crippen LogP contribution in [0.25, 0.3) is 0 Å². The van der Waals surface area contributed by atoms with Crippen molar-refractivity contribution in [1.82, 2.24) is 9.80 Å². The van der Waals surface area contributed by atoms with Crippen LogP contribution >= 0.6 is 0 Å². The van der Waals surface area contributed by atoms with Gasteiger partial charge in [-0.25, -0.2) is 0 Å². The number of amides is 1. The van der Waals surface area contributed by atoms with E-state index in [0.29, 0.717) is 19.1 Å². The number of carbonyl (C=O) groups is 1. The van der Waals surface area contributed by atoms with Gasteiger partial charge in [0.15, 0.2) is 0 Å². The van der Waals surface area contributed by atoms with Crippen molar-refractivity contribution < 1.29 is 14.3 Å². The standard InChI is InChI=1S/C14H27N3O3/c1-19-8-2-3-13(15)14(18)17-5-4-12(11-17)16-6-9-20-10-7-16/h12-13H,2-11,15H2,1H3. The van der Waals surface area contributed by atoms with Crippen LogP contribution in [0, 0.1) is 0 Å². The van der Waals surface area contributed by atoms with Crippen molar-refractivity contribution in [2.45, 2.75) is 31.3 Å². The van der Waals surface area contributed by atoms with Crippen LogP contribution in [0.3, 0.4) is 0 Å². The van der Waals surface area contributed by atoms with Crippen LogP contribution in [0.1, 0.15) is 19.3 Å². The molecule has 2 aliphatic heterocycles. The minimum atomic E-state index is -0.381. The number of likely N-dealkylation sites (tertiary alicyclic amines) is 1. The highest BCUT2D eigenvalue weighted by Crippen LogP contribution is 2.18. The average molecular weight is 285 g/mol. The monoisotopic (exact) mass is 285 g/mol. The summed E-state index contributed by atoms with van der Waals surface area (Å²) in [5.74, 6) is 0.0943. The molecule has 0 spiro atoms. The fourth-order valence-corrected chi connectivity index (χ4v) is 2.99. The van der Waals surface area contributed by atoms with E-state index in [4.69, 9.17) is 15.2 Å². The highest BCUT2D eigenvalue weighted by atomic mass is 16.5. The summed E-state index contributed by atoms with van der Waals surface area (Å²) in [4.78, 5) is 16.7. The highest BCUT2D eigenvalue weighted by Gasteiger charge is 2.32. The molecular weight excluding hydrogens is 258 g/mol. The fourth-order valence-electron chi connectivity index (χ4n) is 2.99. The third-order valence-corrected chi connectivity index (χ3v) is 4.22. The Kier molecular flexibility index (Phi) is 6.22. The van der Waals surface area contributed by atoms with Gasteiger partial charge in [-0.3, -0.25) is 9.69 Å². The maximum Gasteiger partial charge on any atom is 0.239 e. The van der Waals surface area contributed by atoms with Gasteiger partial charge in [0.05, 0.1) is 19.3 Å². The molecule has 0 aliphatic carbocycles. The number of rotatable bonds is 6. The van der Waals surface area contributed by atoms with Gasteiger partial charge in [-0.15, -0.1) is 0 Å². The van der Waals surface area contributed by atoms with Gasteiger partial charge >= 0.3 is 0 Å². The number of nitrogens with two attached hydrogens (primary N) is 1. The maximum atomic E-state index is 12.3. The van der Waals surface area contributed by atoms with Crippen LogP contribution in [0.15, 0.2) is 0 Å². The summed E-state index contributed by atoms with van der Waals surface area (Å²) < 4.78 is 10.4. The fraction of sp³-hybridized carbons (Fsp3) is 0.929. The summed E-state index contributed by atoms with van der Waals surface area (Å²) in [7, 11) is 1.67. The summed E-state index contributed by atoms with van der Waals surface area (Å²) in [6.07, 6.45) is 2.59. The van der Waals surface area contributed by atoms with E-state index in [1.54, 1.807) is 7.11 Å². The predicted molar refractivity (Wildman–Crippen MR) is 76.5 cm³/mol. The molecule has 2 rings (SSSR count). The van der Waals surface area contributed by atoms with Gasteiger partial charge < -0.3 is 20.1 Å². The summed E-state index contributed by atoms with van der Waals surface area (Å²) in [6.45, 7) is 5.88. The molecule has 1 amide bonds. The Bertz CT molecular complexity index is 308. The maximum absolute atomic E-state index is 12.3. The molecule has 2 N–H and O–H groups in total. The van der Waals surface area contributed by atoms with E-state index in [2.05, 4.69) is 4.90 Å². The molecule has 0 aromatic carbocycles. The van der Waals surface area contributed by atoms with Gasteiger partial charge in [0.2, 0.25) is 5.91 Å². The molecule has 2 saturated heterocycles. The first kappa shape index (κ1) is 15.7. The number of methoxy groups -OCH3 is 1. The summed E-state index contributed by atoms with van der Waals surface area (Å²) >= 11 is 0. The number of carbonyl (C=O) groups excluding carboxylic acids is 1. The normalized spacial score (nSPS) is 25.9. The Morgan fingerprint density at radius 1 is 1.40 bits per heavy atom. The Balaban J connectivity index is 1.74. The van der Waals surface area contributed by atoms with E-state index in [1.807, 2.05) is 4.90 Å². The summed E-state index contributed by atoms with van der Waals surface area (Å²) in [6, 6.07) is 0.0996. The molecule has 2 atom stereocenters. The quantitative estimate of drug-likeness (QED) is 0.677. The smallest absolute Gasteiger partial charge is 0.239 e. The van der Waals surface area contributed by atoms with Crippen molar-refractivity contribution in [3.63, 3.8) is 0 Å². The number of hydrogen-bond acceptors (Lipinski definition) is 5. The largest absolute Gasteiger partial charge is 0.385 e. The van der Waals surface area contributed by atoms with Gasteiger partial charge in [0.1, 0.15) is 0 Å². The van der Waals surface area contributed by atoms with Crippen molar-refractivity contribution in [3.05, 3.63) is 0 Å². The van der Waals surface area contributed by atoms with E-state index < -0.39 is 0 Å². The second-order valence-corrected chi connectivity index (χ2v) is 5.62. The minimum Gasteiger partial charge on any atom is -0.385 e. The van der Waals surface area contributed by atoms with Crippen LogP contribution in [0.5, 0.6) is 0 Å². The first-order valence-corrected chi connectivity index (χ1v) is 7.57. The molecule has 0 saturated carbocycles. The van der Waals surface area contributed by atoms with Gasteiger partial charge in [-0.1, -0.05) is 0 Å². The molecule has 0 radical (unpaired) electrons. The van der Waals surface area contributed by atoms with E-state index in [1.165, 1.54) is 0 Å². The zero-order valence-corrected chi connectivity index (χ0v) is 12.4. The van der Waals surface area contributed by atoms with Crippen LogP contribution < -0.4 is 5.73 Å². The van der Waals surface area contributed by atoms with E-state index in [-0.39, 0.29) is 11.9 Å². The molecule has 0 aromatic rings. The molecule has 2 fully saturated rings. The van der Waals surface area contributed by atoms with E-state index in [0.717, 1.165) is 52.2 Å². The van der Waals surface area contributed by atoms with Crippen LogP contribution in [0.2, 0.25) is 0 Å². The average Bonchev–Trinajstić information content (AvgIpc) is 2.97. The number of ether oxygens (including phenoxy) is 2. The summed E-state index contributed by atoms with van der Waals surface area (Å²) in [5, 5.41) is 0. The molecule has 0 bridgehead atoms. The third-order valence-electron chi connectivity index (χ3n) is 4.22. The van der Waals surface area contributed by atoms with Crippen molar-refractivity contribution >= 4 is 5.91 Å². The van der Waals surface area contributed by atoms with E-state index in [9.17, 15) is 4.79 Å². The molecule has 0 aromatic heterocycles. The topological polar surface area (TPSA) is 68.0 Å². The first-order chi connectivity index (χ1) is 9.72. The van der Waals surface area contributed by atoms with Crippen molar-refractivity contribution in [1.29, 1.82) is 0 Å². The lowest BCUT2D eigenvalue weighted by atomic mass is 10.1. The second-order valence-electron chi connectivity index (χ2n) is 5.62. The molecule has 20 heavy (non-hydrogen) atoms. The Morgan fingerprint density at radius 3 is 2.85 bits per heavy atom.